The number of aryl methyl sites for hydroxylation is 2. The monoisotopic (exact) mass is 425 g/mol. The summed E-state index contributed by atoms with van der Waals surface area (Å²) in [5, 5.41) is 4.23. The van der Waals surface area contributed by atoms with E-state index in [9.17, 15) is 13.2 Å². The Labute approximate surface area is 174 Å². The number of hydrogen-bond donors (Lipinski definition) is 0. The summed E-state index contributed by atoms with van der Waals surface area (Å²) in [7, 11) is -3.30. The van der Waals surface area contributed by atoms with Gasteiger partial charge in [0.25, 0.3) is 0 Å². The number of piperidine rings is 1. The maximum Gasteiger partial charge on any atom is 0.224 e. The van der Waals surface area contributed by atoms with Crippen molar-refractivity contribution in [2.45, 2.75) is 58.0 Å². The second-order valence-electron chi connectivity index (χ2n) is 8.44. The van der Waals surface area contributed by atoms with Gasteiger partial charge in [-0.2, -0.15) is 9.40 Å². The first-order valence-electron chi connectivity index (χ1n) is 10.8. The Balaban J connectivity index is 1.53. The molecule has 3 heterocycles. The van der Waals surface area contributed by atoms with Crippen LogP contribution in [0, 0.1) is 6.92 Å². The molecule has 1 amide bonds. The minimum absolute atomic E-state index is 0.0772. The Kier molecular flexibility index (Phi) is 7.70. The zero-order valence-corrected chi connectivity index (χ0v) is 18.6. The lowest BCUT2D eigenvalue weighted by Gasteiger charge is -2.38. The van der Waals surface area contributed by atoms with E-state index in [2.05, 4.69) is 10.00 Å². The molecule has 0 spiro atoms. The zero-order valence-electron chi connectivity index (χ0n) is 17.8. The van der Waals surface area contributed by atoms with E-state index < -0.39 is 10.0 Å². The largest absolute Gasteiger partial charge is 0.341 e. The fourth-order valence-electron chi connectivity index (χ4n) is 4.45. The van der Waals surface area contributed by atoms with Gasteiger partial charge in [0.1, 0.15) is 0 Å². The molecule has 164 valence electrons. The fourth-order valence-corrected chi connectivity index (χ4v) is 5.62. The van der Waals surface area contributed by atoms with Crippen molar-refractivity contribution in [3.8, 4) is 0 Å². The molecule has 2 fully saturated rings. The van der Waals surface area contributed by atoms with Gasteiger partial charge in [-0.15, -0.1) is 0 Å². The SMILES string of the molecule is Cc1cnn(CCC(=O)N2CCCC(N(CCCN3CCCC3)S(C)(=O)=O)C2)c1. The fraction of sp³-hybridized carbons (Fsp3) is 0.800. The number of sulfonamides is 1. The molecule has 0 N–H and O–H groups in total. The van der Waals surface area contributed by atoms with Crippen molar-refractivity contribution in [2.24, 2.45) is 0 Å². The molecule has 2 saturated heterocycles. The van der Waals surface area contributed by atoms with Crippen molar-refractivity contribution in [1.29, 1.82) is 0 Å². The van der Waals surface area contributed by atoms with E-state index >= 15 is 0 Å². The molecule has 3 rings (SSSR count). The Bertz CT molecular complexity index is 773. The predicted molar refractivity (Wildman–Crippen MR) is 113 cm³/mol. The Morgan fingerprint density at radius 2 is 1.97 bits per heavy atom. The molecule has 1 aromatic heterocycles. The van der Waals surface area contributed by atoms with Gasteiger partial charge in [0.2, 0.25) is 15.9 Å². The van der Waals surface area contributed by atoms with Crippen LogP contribution in [-0.4, -0.2) is 89.8 Å². The van der Waals surface area contributed by atoms with Gasteiger partial charge in [-0.1, -0.05) is 0 Å². The molecule has 1 unspecified atom stereocenters. The molecular weight excluding hydrogens is 390 g/mol. The average Bonchev–Trinajstić information content (AvgIpc) is 3.34. The number of nitrogens with zero attached hydrogens (tertiary/aromatic N) is 5. The van der Waals surface area contributed by atoms with E-state index in [1.54, 1.807) is 15.2 Å². The molecule has 0 bridgehead atoms. The van der Waals surface area contributed by atoms with Crippen LogP contribution in [0.3, 0.4) is 0 Å². The molecule has 0 saturated carbocycles. The normalized spacial score (nSPS) is 21.2. The first-order chi connectivity index (χ1) is 13.8. The van der Waals surface area contributed by atoms with E-state index in [1.807, 2.05) is 18.0 Å². The molecular formula is C20H35N5O3S. The lowest BCUT2D eigenvalue weighted by Crippen LogP contribution is -2.52. The van der Waals surface area contributed by atoms with Gasteiger partial charge < -0.3 is 9.80 Å². The van der Waals surface area contributed by atoms with Crippen molar-refractivity contribution < 1.29 is 13.2 Å². The third-order valence-electron chi connectivity index (χ3n) is 5.95. The van der Waals surface area contributed by atoms with Crippen LogP contribution in [0.5, 0.6) is 0 Å². The van der Waals surface area contributed by atoms with Crippen LogP contribution >= 0.6 is 0 Å². The van der Waals surface area contributed by atoms with E-state index in [1.165, 1.54) is 19.1 Å². The molecule has 2 aliphatic heterocycles. The predicted octanol–water partition coefficient (Wildman–Crippen LogP) is 1.32. The van der Waals surface area contributed by atoms with E-state index in [4.69, 9.17) is 0 Å². The molecule has 1 aromatic rings. The van der Waals surface area contributed by atoms with Gasteiger partial charge >= 0.3 is 0 Å². The number of rotatable bonds is 9. The van der Waals surface area contributed by atoms with Gasteiger partial charge in [0, 0.05) is 44.8 Å². The molecule has 0 radical (unpaired) electrons. The maximum absolute atomic E-state index is 12.7. The van der Waals surface area contributed by atoms with Gasteiger partial charge in [-0.25, -0.2) is 8.42 Å². The van der Waals surface area contributed by atoms with Gasteiger partial charge in [-0.05, 0) is 64.2 Å². The van der Waals surface area contributed by atoms with Crippen LogP contribution in [0.25, 0.3) is 0 Å². The summed E-state index contributed by atoms with van der Waals surface area (Å²) in [6, 6.07) is -0.117. The Morgan fingerprint density at radius 3 is 2.62 bits per heavy atom. The van der Waals surface area contributed by atoms with Crippen LogP contribution in [0.4, 0.5) is 0 Å². The summed E-state index contributed by atoms with van der Waals surface area (Å²) in [6.45, 7) is 7.47. The van der Waals surface area contributed by atoms with Crippen molar-refractivity contribution in [3.05, 3.63) is 18.0 Å². The van der Waals surface area contributed by atoms with Crippen LogP contribution in [0.15, 0.2) is 12.4 Å². The number of aromatic nitrogens is 2. The number of hydrogen-bond acceptors (Lipinski definition) is 5. The van der Waals surface area contributed by atoms with Crippen LogP contribution in [0.2, 0.25) is 0 Å². The minimum atomic E-state index is -3.30. The minimum Gasteiger partial charge on any atom is -0.341 e. The highest BCUT2D eigenvalue weighted by molar-refractivity contribution is 7.88. The third-order valence-corrected chi connectivity index (χ3v) is 7.28. The molecule has 1 atom stereocenters. The van der Waals surface area contributed by atoms with Crippen LogP contribution in [-0.2, 0) is 21.4 Å². The molecule has 9 heteroatoms. The average molecular weight is 426 g/mol. The smallest absolute Gasteiger partial charge is 0.224 e. The molecule has 0 aromatic carbocycles. The number of carbonyl (C=O) groups excluding carboxylic acids is 1. The van der Waals surface area contributed by atoms with Gasteiger partial charge in [0.15, 0.2) is 0 Å². The number of carbonyl (C=O) groups is 1. The van der Waals surface area contributed by atoms with E-state index in [0.717, 1.165) is 44.5 Å². The summed E-state index contributed by atoms with van der Waals surface area (Å²) in [5.41, 5.74) is 1.08. The number of likely N-dealkylation sites (tertiary alicyclic amines) is 2. The summed E-state index contributed by atoms with van der Waals surface area (Å²) in [4.78, 5) is 16.9. The molecule has 0 aliphatic carbocycles. The Morgan fingerprint density at radius 1 is 1.21 bits per heavy atom. The topological polar surface area (TPSA) is 78.8 Å². The summed E-state index contributed by atoms with van der Waals surface area (Å²) < 4.78 is 28.3. The van der Waals surface area contributed by atoms with E-state index in [-0.39, 0.29) is 11.9 Å². The summed E-state index contributed by atoms with van der Waals surface area (Å²) >= 11 is 0. The van der Waals surface area contributed by atoms with Crippen molar-refractivity contribution >= 4 is 15.9 Å². The van der Waals surface area contributed by atoms with Crippen molar-refractivity contribution in [3.63, 3.8) is 0 Å². The first kappa shape index (κ1) is 22.2. The molecule has 8 nitrogen and oxygen atoms in total. The molecule has 29 heavy (non-hydrogen) atoms. The highest BCUT2D eigenvalue weighted by Crippen LogP contribution is 2.20. The second-order valence-corrected chi connectivity index (χ2v) is 10.4. The van der Waals surface area contributed by atoms with Gasteiger partial charge in [-0.3, -0.25) is 9.48 Å². The molecule has 2 aliphatic rings. The highest BCUT2D eigenvalue weighted by atomic mass is 32.2. The van der Waals surface area contributed by atoms with Crippen molar-refractivity contribution in [2.75, 3.05) is 45.5 Å². The quantitative estimate of drug-likeness (QED) is 0.596. The second kappa shape index (κ2) is 10.0. The summed E-state index contributed by atoms with van der Waals surface area (Å²) in [5.74, 6) is 0.0772. The van der Waals surface area contributed by atoms with Gasteiger partial charge in [0.05, 0.1) is 12.5 Å². The lowest BCUT2D eigenvalue weighted by molar-refractivity contribution is -0.133. The lowest BCUT2D eigenvalue weighted by atomic mass is 10.0. The highest BCUT2D eigenvalue weighted by Gasteiger charge is 2.32. The van der Waals surface area contributed by atoms with E-state index in [0.29, 0.717) is 32.6 Å². The third kappa shape index (κ3) is 6.52. The maximum atomic E-state index is 12.7. The van der Waals surface area contributed by atoms with Crippen LogP contribution < -0.4 is 0 Å². The standard InChI is InChI=1S/C20H35N5O3S/c1-18-15-21-24(16-18)14-8-20(26)23-12-5-7-19(17-23)25(29(2,27)28)13-6-11-22-9-3-4-10-22/h15-16,19H,3-14,17H2,1-2H3. The Hall–Kier alpha value is -1.45. The van der Waals surface area contributed by atoms with Crippen LogP contribution in [0.1, 0.15) is 44.1 Å². The summed E-state index contributed by atoms with van der Waals surface area (Å²) in [6.07, 6.45) is 10.4. The number of amides is 1. The zero-order chi connectivity index (χ0) is 20.9. The van der Waals surface area contributed by atoms with Crippen molar-refractivity contribution in [1.82, 2.24) is 23.9 Å². The first-order valence-corrected chi connectivity index (χ1v) is 12.6.